The van der Waals surface area contributed by atoms with Gasteiger partial charge in [0.25, 0.3) is 23.6 Å². The van der Waals surface area contributed by atoms with E-state index in [0.29, 0.717) is 12.0 Å². The van der Waals surface area contributed by atoms with Crippen molar-refractivity contribution in [1.29, 1.82) is 0 Å². The molecule has 306 valence electrons. The van der Waals surface area contributed by atoms with Crippen LogP contribution < -0.4 is 32.3 Å². The van der Waals surface area contributed by atoms with Gasteiger partial charge in [-0.15, -0.1) is 0 Å². The lowest BCUT2D eigenvalue weighted by Crippen LogP contribution is -2.49. The van der Waals surface area contributed by atoms with Crippen LogP contribution in [0.1, 0.15) is 80.3 Å². The lowest BCUT2D eigenvalue weighted by atomic mass is 10.0. The number of carboxylic acids is 1. The van der Waals surface area contributed by atoms with Gasteiger partial charge in [-0.1, -0.05) is 62.4 Å². The van der Waals surface area contributed by atoms with E-state index in [1.807, 2.05) is 38.1 Å². The molecule has 58 heavy (non-hydrogen) atoms. The maximum Gasteiger partial charge on any atom is 0.326 e. The van der Waals surface area contributed by atoms with Crippen molar-refractivity contribution >= 4 is 46.3 Å². The summed E-state index contributed by atoms with van der Waals surface area (Å²) in [5, 5.41) is 24.6. The number of aromatic nitrogens is 5. The molecule has 0 aliphatic heterocycles. The lowest BCUT2D eigenvalue weighted by molar-refractivity contribution is -0.139. The molecular formula is C40H49N11O7. The summed E-state index contributed by atoms with van der Waals surface area (Å²) >= 11 is 0. The van der Waals surface area contributed by atoms with Gasteiger partial charge in [0.15, 0.2) is 17.2 Å². The summed E-state index contributed by atoms with van der Waals surface area (Å²) in [4.78, 5) is 95.7. The molecule has 0 aliphatic rings. The molecular weight excluding hydrogens is 747 g/mol. The number of carbonyl (C=O) groups is 6. The second kappa shape index (κ2) is 20.0. The minimum atomic E-state index is -1.26. The number of imidazole rings is 2. The van der Waals surface area contributed by atoms with Crippen LogP contribution in [-0.2, 0) is 22.4 Å². The number of nitrogens with zero attached hydrogens (tertiary/aromatic N) is 2. The molecule has 0 radical (unpaired) electrons. The Morgan fingerprint density at radius 2 is 1.33 bits per heavy atom. The number of hydrogen-bond acceptors (Lipinski definition) is 10. The number of para-hydroxylation sites is 1. The number of nitrogens with two attached hydrogens (primary N) is 1. The summed E-state index contributed by atoms with van der Waals surface area (Å²) in [6, 6.07) is 13.2. The number of nitrogens with one attached hydrogen (secondary N) is 8. The van der Waals surface area contributed by atoms with Crippen molar-refractivity contribution < 1.29 is 33.9 Å². The summed E-state index contributed by atoms with van der Waals surface area (Å²) in [7, 11) is 0. The summed E-state index contributed by atoms with van der Waals surface area (Å²) in [6.45, 7) is 5.76. The Balaban J connectivity index is 1.26. The first-order chi connectivity index (χ1) is 27.8. The number of H-pyrrole nitrogens is 3. The van der Waals surface area contributed by atoms with Gasteiger partial charge in [0.05, 0.1) is 25.2 Å². The van der Waals surface area contributed by atoms with E-state index in [-0.39, 0.29) is 73.0 Å². The van der Waals surface area contributed by atoms with E-state index in [0.717, 1.165) is 16.5 Å². The van der Waals surface area contributed by atoms with Crippen molar-refractivity contribution in [1.82, 2.24) is 51.5 Å². The maximum atomic E-state index is 13.9. The predicted molar refractivity (Wildman–Crippen MR) is 214 cm³/mol. The third kappa shape index (κ3) is 11.2. The van der Waals surface area contributed by atoms with Crippen LogP contribution in [0.5, 0.6) is 0 Å². The van der Waals surface area contributed by atoms with Crippen LogP contribution in [-0.4, -0.2) is 109 Å². The van der Waals surface area contributed by atoms with E-state index in [4.69, 9.17) is 5.73 Å². The molecule has 4 atom stereocenters. The largest absolute Gasteiger partial charge is 0.480 e. The highest BCUT2D eigenvalue weighted by molar-refractivity contribution is 6.07. The highest BCUT2D eigenvalue weighted by Gasteiger charge is 2.29. The van der Waals surface area contributed by atoms with Crippen molar-refractivity contribution in [2.45, 2.75) is 64.2 Å². The van der Waals surface area contributed by atoms with Gasteiger partial charge in [-0.25, -0.2) is 14.8 Å². The maximum absolute atomic E-state index is 13.9. The van der Waals surface area contributed by atoms with Crippen molar-refractivity contribution in [3.05, 3.63) is 107 Å². The van der Waals surface area contributed by atoms with Crippen LogP contribution >= 0.6 is 0 Å². The molecule has 3 aromatic heterocycles. The van der Waals surface area contributed by atoms with Crippen molar-refractivity contribution in [2.75, 3.05) is 19.6 Å². The molecule has 0 unspecified atom stereocenters. The smallest absolute Gasteiger partial charge is 0.326 e. The topological polar surface area (TPSA) is 282 Å². The van der Waals surface area contributed by atoms with E-state index in [1.54, 1.807) is 43.5 Å². The van der Waals surface area contributed by atoms with Gasteiger partial charge in [0, 0.05) is 55.1 Å². The van der Waals surface area contributed by atoms with E-state index in [9.17, 15) is 33.9 Å². The number of benzene rings is 2. The molecule has 11 N–H and O–H groups in total. The zero-order chi connectivity index (χ0) is 41.8. The summed E-state index contributed by atoms with van der Waals surface area (Å²) in [6.07, 6.45) is 4.81. The molecule has 5 aromatic rings. The number of Topliss-reactive ketones (excluding diaryl/α,β-unsaturated/α-hetero) is 1. The minimum Gasteiger partial charge on any atom is -0.480 e. The van der Waals surface area contributed by atoms with Crippen molar-refractivity contribution in [2.24, 2.45) is 11.7 Å². The van der Waals surface area contributed by atoms with Gasteiger partial charge in [-0.2, -0.15) is 0 Å². The first-order valence-corrected chi connectivity index (χ1v) is 18.9. The van der Waals surface area contributed by atoms with Gasteiger partial charge < -0.3 is 52.4 Å². The molecule has 18 nitrogen and oxygen atoms in total. The van der Waals surface area contributed by atoms with E-state index in [2.05, 4.69) is 51.5 Å². The van der Waals surface area contributed by atoms with Crippen molar-refractivity contribution in [3.8, 4) is 0 Å². The van der Waals surface area contributed by atoms with Crippen molar-refractivity contribution in [3.63, 3.8) is 0 Å². The number of aliphatic carboxylic acids is 1. The molecule has 18 heteroatoms. The first kappa shape index (κ1) is 42.5. The van der Waals surface area contributed by atoms with Crippen LogP contribution in [0.25, 0.3) is 10.9 Å². The highest BCUT2D eigenvalue weighted by Crippen LogP contribution is 2.20. The predicted octanol–water partition coefficient (Wildman–Crippen LogP) is 1.46. The van der Waals surface area contributed by atoms with E-state index >= 15 is 0 Å². The second-order valence-corrected chi connectivity index (χ2v) is 14.4. The molecule has 0 saturated heterocycles. The monoisotopic (exact) mass is 795 g/mol. The van der Waals surface area contributed by atoms with E-state index < -0.39 is 47.7 Å². The van der Waals surface area contributed by atoms with Crippen LogP contribution in [0.4, 0.5) is 0 Å². The fourth-order valence-electron chi connectivity index (χ4n) is 6.42. The van der Waals surface area contributed by atoms with Crippen LogP contribution in [0, 0.1) is 5.92 Å². The molecule has 3 heterocycles. The van der Waals surface area contributed by atoms with Gasteiger partial charge in [0.1, 0.15) is 17.4 Å². The first-order valence-electron chi connectivity index (χ1n) is 18.9. The van der Waals surface area contributed by atoms with Gasteiger partial charge >= 0.3 is 5.97 Å². The Morgan fingerprint density at radius 1 is 0.724 bits per heavy atom. The van der Waals surface area contributed by atoms with Gasteiger partial charge in [0.2, 0.25) is 0 Å². The molecule has 0 fully saturated rings. The molecule has 4 amide bonds. The van der Waals surface area contributed by atoms with Crippen LogP contribution in [0.3, 0.4) is 0 Å². The average molecular weight is 796 g/mol. The molecule has 0 bridgehead atoms. The Labute approximate surface area is 334 Å². The van der Waals surface area contributed by atoms with Crippen LogP contribution in [0.15, 0.2) is 73.4 Å². The average Bonchev–Trinajstić information content (AvgIpc) is 3.98. The molecule has 0 spiro atoms. The SMILES string of the molecule is CC(C)C[C@@H](CNCC(=O)[C@H](Cc1c[nH]c2ccccc12)NC(=O)c1[nH]cnc1C(=O)N[C@@H](C)CN)NC(=O)c1nc[nH]c1C(=O)N[C@@H](Cc1ccccc1)C(=O)O. The highest BCUT2D eigenvalue weighted by atomic mass is 16.4. The number of aromatic amines is 3. The molecule has 0 aliphatic carbocycles. The number of amides is 4. The molecule has 5 rings (SSSR count). The number of hydrogen-bond donors (Lipinski definition) is 10. The van der Waals surface area contributed by atoms with Gasteiger partial charge in [-0.3, -0.25) is 24.0 Å². The Kier molecular flexibility index (Phi) is 14.6. The van der Waals surface area contributed by atoms with E-state index in [1.165, 1.54) is 12.7 Å². The summed E-state index contributed by atoms with van der Waals surface area (Å²) in [5.41, 5.74) is 7.29. The Bertz CT molecular complexity index is 2210. The quantitative estimate of drug-likeness (QED) is 0.0508. The zero-order valence-electron chi connectivity index (χ0n) is 32.4. The standard InChI is InChI=1S/C40H49N11O7/c1-22(2)13-26(49-37(54)33-35(47-21-45-33)39(56)51-30(40(57)58)14-24-9-5-4-6-10-24)18-42-19-31(52)29(15-25-17-43-28-12-8-7-11-27(25)28)50-38(55)34-32(44-20-46-34)36(53)48-23(3)16-41/h4-12,17,20-23,26,29-30,42-43H,13-16,18-19,41H2,1-3H3,(H,44,46)(H,45,47)(H,48,53)(H,49,54)(H,50,55)(H,51,56)(H,57,58)/t23-,26-,29-,30-/m0/s1. The minimum absolute atomic E-state index is 0.0285. The third-order valence-electron chi connectivity index (χ3n) is 9.35. The zero-order valence-corrected chi connectivity index (χ0v) is 32.4. The Morgan fingerprint density at radius 3 is 1.95 bits per heavy atom. The fraction of sp³-hybridized carbons (Fsp3) is 0.350. The van der Waals surface area contributed by atoms with Gasteiger partial charge in [-0.05, 0) is 36.5 Å². The normalized spacial score (nSPS) is 13.3. The third-order valence-corrected chi connectivity index (χ3v) is 9.35. The molecule has 2 aromatic carbocycles. The lowest BCUT2D eigenvalue weighted by Gasteiger charge is -2.22. The van der Waals surface area contributed by atoms with Crippen LogP contribution in [0.2, 0.25) is 0 Å². The number of carbonyl (C=O) groups excluding carboxylic acids is 5. The number of carboxylic acid groups (broad SMARTS) is 1. The molecule has 0 saturated carbocycles. The number of rotatable bonds is 21. The Hall–Kier alpha value is -6.66. The number of ketones is 1. The summed E-state index contributed by atoms with van der Waals surface area (Å²) in [5.74, 6) is -4.29. The summed E-state index contributed by atoms with van der Waals surface area (Å²) < 4.78 is 0. The second-order valence-electron chi connectivity index (χ2n) is 14.4. The fourth-order valence-corrected chi connectivity index (χ4v) is 6.42. The number of fused-ring (bicyclic) bond motifs is 1.